The van der Waals surface area contributed by atoms with Crippen LogP contribution in [-0.2, 0) is 24.2 Å². The van der Waals surface area contributed by atoms with Crippen molar-refractivity contribution in [2.24, 2.45) is 5.92 Å². The van der Waals surface area contributed by atoms with Crippen molar-refractivity contribution >= 4 is 11.9 Å². The maximum atomic E-state index is 12.7. The van der Waals surface area contributed by atoms with E-state index >= 15 is 0 Å². The normalized spacial score (nSPS) is 18.6. The molecule has 6 heteroatoms. The largest absolute Gasteiger partial charge is 0.494 e. The van der Waals surface area contributed by atoms with Gasteiger partial charge in [-0.3, -0.25) is 4.79 Å². The van der Waals surface area contributed by atoms with Crippen LogP contribution in [0.15, 0.2) is 30.5 Å². The van der Waals surface area contributed by atoms with Crippen molar-refractivity contribution in [2.45, 2.75) is 58.4 Å². The van der Waals surface area contributed by atoms with Crippen molar-refractivity contribution in [1.82, 2.24) is 15.3 Å². The summed E-state index contributed by atoms with van der Waals surface area (Å²) < 4.78 is 5.61. The van der Waals surface area contributed by atoms with Gasteiger partial charge in [0.1, 0.15) is 5.75 Å². The lowest BCUT2D eigenvalue weighted by molar-refractivity contribution is -0.125. The molecule has 2 aromatic rings. The van der Waals surface area contributed by atoms with Crippen molar-refractivity contribution in [2.75, 3.05) is 24.6 Å². The molecule has 4 rings (SSSR count). The van der Waals surface area contributed by atoms with Crippen molar-refractivity contribution in [3.05, 3.63) is 47.3 Å². The lowest BCUT2D eigenvalue weighted by atomic mass is 9.86. The van der Waals surface area contributed by atoms with Gasteiger partial charge in [-0.2, -0.15) is 0 Å². The fourth-order valence-corrected chi connectivity index (χ4v) is 4.22. The van der Waals surface area contributed by atoms with E-state index in [-0.39, 0.29) is 11.8 Å². The molecule has 1 fully saturated rings. The fraction of sp³-hybridized carbons (Fsp3) is 0.542. The first kappa shape index (κ1) is 20.6. The van der Waals surface area contributed by atoms with Gasteiger partial charge in [-0.25, -0.2) is 9.97 Å². The number of ether oxygens (including phenoxy) is 1. The van der Waals surface area contributed by atoms with Crippen LogP contribution in [0.1, 0.15) is 55.8 Å². The van der Waals surface area contributed by atoms with Crippen molar-refractivity contribution in [3.8, 4) is 5.75 Å². The fourth-order valence-electron chi connectivity index (χ4n) is 4.22. The Bertz CT molecular complexity index is 847. The van der Waals surface area contributed by atoms with E-state index in [9.17, 15) is 4.79 Å². The number of piperidine rings is 1. The molecule has 30 heavy (non-hydrogen) atoms. The van der Waals surface area contributed by atoms with Crippen LogP contribution in [0, 0.1) is 5.92 Å². The molecule has 1 aliphatic carbocycles. The average Bonchev–Trinajstić information content (AvgIpc) is 2.81. The van der Waals surface area contributed by atoms with Gasteiger partial charge in [0.2, 0.25) is 11.9 Å². The van der Waals surface area contributed by atoms with Crippen molar-refractivity contribution in [1.29, 1.82) is 0 Å². The molecule has 1 aromatic carbocycles. The Morgan fingerprint density at radius 2 is 2.00 bits per heavy atom. The second-order valence-corrected chi connectivity index (χ2v) is 8.34. The number of hydrogen-bond acceptors (Lipinski definition) is 5. The summed E-state index contributed by atoms with van der Waals surface area (Å²) >= 11 is 0. The van der Waals surface area contributed by atoms with Gasteiger partial charge >= 0.3 is 0 Å². The zero-order valence-electron chi connectivity index (χ0n) is 17.9. The molecule has 0 radical (unpaired) electrons. The lowest BCUT2D eigenvalue weighted by Gasteiger charge is -2.28. The van der Waals surface area contributed by atoms with Gasteiger partial charge in [-0.05, 0) is 68.2 Å². The Morgan fingerprint density at radius 1 is 1.20 bits per heavy atom. The van der Waals surface area contributed by atoms with Gasteiger partial charge < -0.3 is 15.0 Å². The first-order valence-corrected chi connectivity index (χ1v) is 11.3. The summed E-state index contributed by atoms with van der Waals surface area (Å²) in [6.45, 7) is 5.46. The smallest absolute Gasteiger partial charge is 0.225 e. The van der Waals surface area contributed by atoms with Gasteiger partial charge in [0.25, 0.3) is 0 Å². The topological polar surface area (TPSA) is 67.3 Å². The predicted octanol–water partition coefficient (Wildman–Crippen LogP) is 3.68. The number of carbonyl (C=O) groups is 1. The maximum absolute atomic E-state index is 12.7. The number of aryl methyl sites for hydroxylation is 1. The van der Waals surface area contributed by atoms with Crippen LogP contribution in [0.5, 0.6) is 5.75 Å². The van der Waals surface area contributed by atoms with Crippen LogP contribution >= 0.6 is 0 Å². The van der Waals surface area contributed by atoms with Crippen LogP contribution in [0.4, 0.5) is 5.95 Å². The van der Waals surface area contributed by atoms with E-state index in [1.54, 1.807) is 0 Å². The maximum Gasteiger partial charge on any atom is 0.225 e. The second kappa shape index (κ2) is 9.92. The Kier molecular flexibility index (Phi) is 6.82. The number of anilines is 1. The first-order valence-electron chi connectivity index (χ1n) is 11.3. The molecule has 6 nitrogen and oxygen atoms in total. The summed E-state index contributed by atoms with van der Waals surface area (Å²) in [5.41, 5.74) is 3.33. The number of benzene rings is 1. The third kappa shape index (κ3) is 5.10. The van der Waals surface area contributed by atoms with E-state index in [4.69, 9.17) is 9.72 Å². The third-order valence-corrected chi connectivity index (χ3v) is 6.01. The molecule has 1 amide bonds. The molecule has 1 N–H and O–H groups in total. The second-order valence-electron chi connectivity index (χ2n) is 8.34. The average molecular weight is 409 g/mol. The van der Waals surface area contributed by atoms with Crippen LogP contribution in [0.25, 0.3) is 0 Å². The summed E-state index contributed by atoms with van der Waals surface area (Å²) in [5, 5.41) is 3.10. The highest BCUT2D eigenvalue weighted by molar-refractivity contribution is 5.79. The number of fused-ring (bicyclic) bond motifs is 1. The molecule has 0 unspecified atom stereocenters. The Morgan fingerprint density at radius 3 is 2.77 bits per heavy atom. The zero-order valence-corrected chi connectivity index (χ0v) is 17.9. The van der Waals surface area contributed by atoms with E-state index in [0.717, 1.165) is 73.9 Å². The SMILES string of the molecule is CCCOc1ccc(CNC(=O)[C@@H]2CCc3nc(N4CCCCC4)ncc3C2)cc1. The molecule has 2 heterocycles. The highest BCUT2D eigenvalue weighted by Crippen LogP contribution is 2.26. The highest BCUT2D eigenvalue weighted by atomic mass is 16.5. The standard InChI is InChI=1S/C24H32N4O2/c1-2-14-30-21-9-6-18(7-10-21)16-25-23(29)19-8-11-22-20(15-19)17-26-24(27-22)28-12-4-3-5-13-28/h6-7,9-10,17,19H,2-5,8,11-16H2,1H3,(H,25,29)/t19-/m1/s1. The summed E-state index contributed by atoms with van der Waals surface area (Å²) in [7, 11) is 0. The van der Waals surface area contributed by atoms with E-state index < -0.39 is 0 Å². The minimum Gasteiger partial charge on any atom is -0.494 e. The molecule has 0 bridgehead atoms. The van der Waals surface area contributed by atoms with Gasteiger partial charge in [0.15, 0.2) is 0 Å². The van der Waals surface area contributed by atoms with Gasteiger partial charge in [-0.15, -0.1) is 0 Å². The first-order chi connectivity index (χ1) is 14.7. The number of nitrogens with zero attached hydrogens (tertiary/aromatic N) is 3. The number of nitrogens with one attached hydrogen (secondary N) is 1. The van der Waals surface area contributed by atoms with Crippen molar-refractivity contribution < 1.29 is 9.53 Å². The Labute approximate surface area is 179 Å². The zero-order chi connectivity index (χ0) is 20.8. The van der Waals surface area contributed by atoms with Gasteiger partial charge in [-0.1, -0.05) is 19.1 Å². The summed E-state index contributed by atoms with van der Waals surface area (Å²) in [5.74, 6) is 1.85. The van der Waals surface area contributed by atoms with Crippen LogP contribution in [0.3, 0.4) is 0 Å². The number of aromatic nitrogens is 2. The summed E-state index contributed by atoms with van der Waals surface area (Å²) in [6.07, 6.45) is 9.10. The van der Waals surface area contributed by atoms with Crippen LogP contribution in [-0.4, -0.2) is 35.6 Å². The Balaban J connectivity index is 1.30. The van der Waals surface area contributed by atoms with Crippen LogP contribution in [0.2, 0.25) is 0 Å². The van der Waals surface area contributed by atoms with Gasteiger partial charge in [0, 0.05) is 37.4 Å². The molecule has 1 aliphatic heterocycles. The number of rotatable bonds is 7. The third-order valence-electron chi connectivity index (χ3n) is 6.01. The predicted molar refractivity (Wildman–Crippen MR) is 118 cm³/mol. The molecule has 1 saturated heterocycles. The van der Waals surface area contributed by atoms with E-state index in [1.807, 2.05) is 30.5 Å². The van der Waals surface area contributed by atoms with E-state index in [1.165, 1.54) is 19.3 Å². The molecule has 0 spiro atoms. The molecular formula is C24H32N4O2. The number of carbonyl (C=O) groups excluding carboxylic acids is 1. The number of amides is 1. The van der Waals surface area contributed by atoms with Gasteiger partial charge in [0.05, 0.1) is 6.61 Å². The molecule has 1 atom stereocenters. The lowest BCUT2D eigenvalue weighted by Crippen LogP contribution is -2.35. The summed E-state index contributed by atoms with van der Waals surface area (Å²) in [4.78, 5) is 24.4. The monoisotopic (exact) mass is 408 g/mol. The van der Waals surface area contributed by atoms with E-state index in [0.29, 0.717) is 6.54 Å². The molecule has 1 aromatic heterocycles. The molecular weight excluding hydrogens is 376 g/mol. The highest BCUT2D eigenvalue weighted by Gasteiger charge is 2.26. The van der Waals surface area contributed by atoms with Crippen LogP contribution < -0.4 is 15.0 Å². The van der Waals surface area contributed by atoms with E-state index in [2.05, 4.69) is 22.1 Å². The molecule has 160 valence electrons. The number of hydrogen-bond donors (Lipinski definition) is 1. The minimum absolute atomic E-state index is 0.00547. The minimum atomic E-state index is -0.00547. The molecule has 0 saturated carbocycles. The van der Waals surface area contributed by atoms with Crippen molar-refractivity contribution in [3.63, 3.8) is 0 Å². The summed E-state index contributed by atoms with van der Waals surface area (Å²) in [6, 6.07) is 7.95. The quantitative estimate of drug-likeness (QED) is 0.757. The Hall–Kier alpha value is -2.63. The molecule has 2 aliphatic rings.